The van der Waals surface area contributed by atoms with E-state index in [1.807, 2.05) is 0 Å². The second-order valence-electron chi connectivity index (χ2n) is 4.88. The third kappa shape index (κ3) is 4.89. The fraction of sp³-hybridized carbons (Fsp3) is 0.667. The number of rotatable bonds is 5. The Morgan fingerprint density at radius 1 is 1.38 bits per heavy atom. The highest BCUT2D eigenvalue weighted by Gasteiger charge is 2.38. The van der Waals surface area contributed by atoms with E-state index in [1.54, 1.807) is 13.8 Å². The number of nitrogens with zero attached hydrogens (tertiary/aromatic N) is 2. The first kappa shape index (κ1) is 19.7. The van der Waals surface area contributed by atoms with Crippen LogP contribution in [0.3, 0.4) is 0 Å². The van der Waals surface area contributed by atoms with Crippen molar-refractivity contribution in [2.45, 2.75) is 33.5 Å². The zero-order valence-electron chi connectivity index (χ0n) is 12.0. The zero-order valence-corrected chi connectivity index (χ0v) is 12.8. The molecule has 0 aliphatic heterocycles. The number of aliphatic hydroxyl groups excluding tert-OH is 1. The van der Waals surface area contributed by atoms with Crippen LogP contribution in [-0.4, -0.2) is 28.0 Å². The van der Waals surface area contributed by atoms with Crippen molar-refractivity contribution in [1.82, 2.24) is 9.78 Å². The number of aliphatic hydroxyl groups is 1. The Bertz CT molecular complexity index is 530. The van der Waals surface area contributed by atoms with Crippen LogP contribution < -0.4 is 10.9 Å². The van der Waals surface area contributed by atoms with Gasteiger partial charge in [-0.1, -0.05) is 13.8 Å². The molecule has 0 saturated heterocycles. The van der Waals surface area contributed by atoms with Crippen LogP contribution in [0.15, 0.2) is 4.79 Å². The highest BCUT2D eigenvalue weighted by molar-refractivity contribution is 5.85. The number of hydrogen-bond acceptors (Lipinski definition) is 4. The molecule has 1 aromatic rings. The normalized spacial score (nSPS) is 11.4. The number of alkyl halides is 3. The van der Waals surface area contributed by atoms with Crippen LogP contribution >= 0.6 is 12.4 Å². The van der Waals surface area contributed by atoms with E-state index in [9.17, 15) is 18.0 Å². The molecule has 2 N–H and O–H groups in total. The SMILES string of the molecule is Cc1c(NCCO)c(C(F)(F)F)nn(CC(C)C)c1=O.Cl. The van der Waals surface area contributed by atoms with Gasteiger partial charge in [-0.15, -0.1) is 12.4 Å². The molecule has 1 heterocycles. The van der Waals surface area contributed by atoms with Gasteiger partial charge in [-0.3, -0.25) is 4.79 Å². The lowest BCUT2D eigenvalue weighted by molar-refractivity contribution is -0.141. The monoisotopic (exact) mass is 329 g/mol. The third-order valence-corrected chi connectivity index (χ3v) is 2.61. The van der Waals surface area contributed by atoms with E-state index >= 15 is 0 Å². The minimum atomic E-state index is -4.67. The molecular formula is C12H19ClF3N3O2. The molecule has 9 heteroatoms. The maximum Gasteiger partial charge on any atom is 0.437 e. The standard InChI is InChI=1S/C12H18F3N3O2.ClH/c1-7(2)6-18-11(20)8(3)9(16-4-5-19)10(17-18)12(13,14)15;/h7,16,19H,4-6H2,1-3H3;1H. The number of aromatic nitrogens is 2. The lowest BCUT2D eigenvalue weighted by Gasteiger charge is -2.18. The summed E-state index contributed by atoms with van der Waals surface area (Å²) in [5.41, 5.74) is -2.12. The lowest BCUT2D eigenvalue weighted by Crippen LogP contribution is -2.32. The first-order chi connectivity index (χ1) is 9.18. The highest BCUT2D eigenvalue weighted by atomic mass is 35.5. The van der Waals surface area contributed by atoms with E-state index in [2.05, 4.69) is 10.4 Å². The van der Waals surface area contributed by atoms with Gasteiger partial charge >= 0.3 is 6.18 Å². The molecule has 0 spiro atoms. The van der Waals surface area contributed by atoms with Gasteiger partial charge in [0.05, 0.1) is 12.3 Å². The van der Waals surface area contributed by atoms with E-state index in [0.717, 1.165) is 4.68 Å². The van der Waals surface area contributed by atoms with Gasteiger partial charge in [-0.2, -0.15) is 18.3 Å². The maximum atomic E-state index is 13.0. The lowest BCUT2D eigenvalue weighted by atomic mass is 10.2. The molecule has 1 aromatic heterocycles. The minimum absolute atomic E-state index is 0. The number of anilines is 1. The fourth-order valence-electron chi connectivity index (χ4n) is 1.76. The molecule has 1 rings (SSSR count). The number of nitrogens with one attached hydrogen (secondary N) is 1. The molecule has 0 aliphatic rings. The molecule has 5 nitrogen and oxygen atoms in total. The summed E-state index contributed by atoms with van der Waals surface area (Å²) in [5.74, 6) is -0.00284. The zero-order chi connectivity index (χ0) is 15.5. The van der Waals surface area contributed by atoms with Crippen LogP contribution in [0, 0.1) is 12.8 Å². The van der Waals surface area contributed by atoms with Gasteiger partial charge in [0.2, 0.25) is 0 Å². The number of halogens is 4. The summed E-state index contributed by atoms with van der Waals surface area (Å²) in [7, 11) is 0. The second-order valence-corrected chi connectivity index (χ2v) is 4.88. The van der Waals surface area contributed by atoms with Crippen LogP contribution in [-0.2, 0) is 12.7 Å². The van der Waals surface area contributed by atoms with E-state index in [4.69, 9.17) is 5.11 Å². The summed E-state index contributed by atoms with van der Waals surface area (Å²) in [6, 6.07) is 0. The van der Waals surface area contributed by atoms with E-state index in [-0.39, 0.29) is 49.3 Å². The molecule has 21 heavy (non-hydrogen) atoms. The predicted molar refractivity (Wildman–Crippen MR) is 75.9 cm³/mol. The quantitative estimate of drug-likeness (QED) is 0.867. The van der Waals surface area contributed by atoms with Gasteiger partial charge < -0.3 is 10.4 Å². The van der Waals surface area contributed by atoms with Gasteiger partial charge in [-0.05, 0) is 12.8 Å². The molecule has 0 atom stereocenters. The average molecular weight is 330 g/mol. The Morgan fingerprint density at radius 2 is 1.95 bits per heavy atom. The molecule has 0 unspecified atom stereocenters. The van der Waals surface area contributed by atoms with Crippen molar-refractivity contribution in [2.24, 2.45) is 5.92 Å². The molecule has 0 aliphatic carbocycles. The first-order valence-corrected chi connectivity index (χ1v) is 6.22. The van der Waals surface area contributed by atoms with Crippen molar-refractivity contribution in [2.75, 3.05) is 18.5 Å². The minimum Gasteiger partial charge on any atom is -0.395 e. The molecule has 0 amide bonds. The van der Waals surface area contributed by atoms with Gasteiger partial charge in [0.25, 0.3) is 5.56 Å². The molecule has 122 valence electrons. The Hall–Kier alpha value is -1.28. The van der Waals surface area contributed by atoms with Gasteiger partial charge in [-0.25, -0.2) is 4.68 Å². The van der Waals surface area contributed by atoms with Crippen molar-refractivity contribution >= 4 is 18.1 Å². The van der Waals surface area contributed by atoms with Gasteiger partial charge in [0, 0.05) is 18.7 Å². The molecule has 0 aromatic carbocycles. The molecular weight excluding hydrogens is 311 g/mol. The van der Waals surface area contributed by atoms with Crippen molar-refractivity contribution in [3.8, 4) is 0 Å². The first-order valence-electron chi connectivity index (χ1n) is 6.22. The van der Waals surface area contributed by atoms with Crippen LogP contribution in [0.4, 0.5) is 18.9 Å². The van der Waals surface area contributed by atoms with Crippen molar-refractivity contribution in [3.63, 3.8) is 0 Å². The largest absolute Gasteiger partial charge is 0.437 e. The van der Waals surface area contributed by atoms with Gasteiger partial charge in [0.1, 0.15) is 0 Å². The summed E-state index contributed by atoms with van der Waals surface area (Å²) in [4.78, 5) is 12.0. The fourth-order valence-corrected chi connectivity index (χ4v) is 1.76. The second kappa shape index (κ2) is 7.65. The van der Waals surface area contributed by atoms with Crippen LogP contribution in [0.1, 0.15) is 25.1 Å². The summed E-state index contributed by atoms with van der Waals surface area (Å²) in [6.45, 7) is 4.58. The molecule has 0 radical (unpaired) electrons. The van der Waals surface area contributed by atoms with Crippen molar-refractivity contribution in [1.29, 1.82) is 0 Å². The summed E-state index contributed by atoms with van der Waals surface area (Å²) >= 11 is 0. The summed E-state index contributed by atoms with van der Waals surface area (Å²) in [6.07, 6.45) is -4.67. The highest BCUT2D eigenvalue weighted by Crippen LogP contribution is 2.33. The Balaban J connectivity index is 0.00000400. The Kier molecular flexibility index (Phi) is 7.18. The van der Waals surface area contributed by atoms with Crippen LogP contribution in [0.25, 0.3) is 0 Å². The molecule has 0 bridgehead atoms. The smallest absolute Gasteiger partial charge is 0.395 e. The Morgan fingerprint density at radius 3 is 2.38 bits per heavy atom. The van der Waals surface area contributed by atoms with Crippen molar-refractivity contribution < 1.29 is 18.3 Å². The third-order valence-electron chi connectivity index (χ3n) is 2.61. The maximum absolute atomic E-state index is 13.0. The summed E-state index contributed by atoms with van der Waals surface area (Å²) in [5, 5.41) is 14.6. The molecule has 0 saturated carbocycles. The summed E-state index contributed by atoms with van der Waals surface area (Å²) < 4.78 is 39.9. The van der Waals surface area contributed by atoms with Crippen LogP contribution in [0.5, 0.6) is 0 Å². The van der Waals surface area contributed by atoms with Gasteiger partial charge in [0.15, 0.2) is 5.69 Å². The Labute approximate surface area is 126 Å². The van der Waals surface area contributed by atoms with E-state index in [0.29, 0.717) is 0 Å². The topological polar surface area (TPSA) is 67.2 Å². The van der Waals surface area contributed by atoms with E-state index in [1.165, 1.54) is 6.92 Å². The number of hydrogen-bond donors (Lipinski definition) is 2. The molecule has 0 fully saturated rings. The van der Waals surface area contributed by atoms with Crippen LogP contribution in [0.2, 0.25) is 0 Å². The predicted octanol–water partition coefficient (Wildman–Crippen LogP) is 2.05. The van der Waals surface area contributed by atoms with Crippen molar-refractivity contribution in [3.05, 3.63) is 21.6 Å². The average Bonchev–Trinajstić information content (AvgIpc) is 2.32. The van der Waals surface area contributed by atoms with E-state index < -0.39 is 17.4 Å².